The second kappa shape index (κ2) is 5.02. The molecule has 1 N–H and O–H groups in total. The smallest absolute Gasteiger partial charge is 0.420 e. The summed E-state index contributed by atoms with van der Waals surface area (Å²) < 4.78 is 38.5. The highest BCUT2D eigenvalue weighted by Crippen LogP contribution is 2.42. The van der Waals surface area contributed by atoms with Crippen LogP contribution >= 0.6 is 11.6 Å². The number of benzene rings is 1. The number of alkyl halides is 3. The molecule has 0 amide bonds. The summed E-state index contributed by atoms with van der Waals surface area (Å²) in [7, 11) is 0. The van der Waals surface area contributed by atoms with Gasteiger partial charge in [0.2, 0.25) is 0 Å². The molecule has 2 rings (SSSR count). The minimum Gasteiger partial charge on any atom is -0.507 e. The predicted octanol–water partition coefficient (Wildman–Crippen LogP) is 4.00. The second-order valence-corrected chi connectivity index (χ2v) is 4.29. The summed E-state index contributed by atoms with van der Waals surface area (Å²) >= 11 is 5.60. The zero-order chi connectivity index (χ0) is 14.9. The molecule has 0 aliphatic rings. The number of nitriles is 1. The largest absolute Gasteiger partial charge is 0.507 e. The number of rotatable bonds is 1. The van der Waals surface area contributed by atoms with Gasteiger partial charge in [0.25, 0.3) is 0 Å². The topological polar surface area (TPSA) is 56.9 Å². The average Bonchev–Trinajstić information content (AvgIpc) is 2.39. The van der Waals surface area contributed by atoms with Crippen LogP contribution in [0.5, 0.6) is 5.75 Å². The number of nitrogens with zero attached hydrogens (tertiary/aromatic N) is 2. The number of aromatic hydroxyl groups is 1. The third-order valence-corrected chi connectivity index (χ3v) is 2.81. The van der Waals surface area contributed by atoms with Gasteiger partial charge in [-0.15, -0.1) is 0 Å². The Morgan fingerprint density at radius 1 is 1.25 bits per heavy atom. The molecule has 0 atom stereocenters. The molecule has 7 heteroatoms. The Bertz CT molecular complexity index is 690. The maximum absolute atomic E-state index is 12.8. The molecule has 0 saturated carbocycles. The molecule has 0 spiro atoms. The first-order valence-corrected chi connectivity index (χ1v) is 5.67. The van der Waals surface area contributed by atoms with Gasteiger partial charge in [0, 0.05) is 17.3 Å². The van der Waals surface area contributed by atoms with Crippen LogP contribution < -0.4 is 0 Å². The van der Waals surface area contributed by atoms with Gasteiger partial charge in [-0.1, -0.05) is 11.6 Å². The van der Waals surface area contributed by atoms with Crippen LogP contribution in [0.2, 0.25) is 5.15 Å². The number of phenolic OH excluding ortho intramolecular Hbond substituents is 1. The molecule has 0 bridgehead atoms. The van der Waals surface area contributed by atoms with E-state index in [4.69, 9.17) is 16.9 Å². The fourth-order valence-electron chi connectivity index (χ4n) is 1.67. The molecular weight excluding hydrogens is 293 g/mol. The van der Waals surface area contributed by atoms with E-state index < -0.39 is 17.5 Å². The highest BCUT2D eigenvalue weighted by molar-refractivity contribution is 6.29. The normalized spacial score (nSPS) is 11.2. The standard InChI is InChI=1S/C13H6ClF3N2O/c14-11-2-1-8(6-19-11)9-3-7(5-18)4-10(12(9)20)13(15,16)17/h1-4,6,20H. The monoisotopic (exact) mass is 298 g/mol. The number of hydrogen-bond donors (Lipinski definition) is 1. The minimum atomic E-state index is -4.76. The molecule has 0 saturated heterocycles. The van der Waals surface area contributed by atoms with Crippen molar-refractivity contribution in [2.24, 2.45) is 0 Å². The molecule has 102 valence electrons. The summed E-state index contributed by atoms with van der Waals surface area (Å²) in [5.41, 5.74) is -1.36. The zero-order valence-electron chi connectivity index (χ0n) is 9.74. The van der Waals surface area contributed by atoms with Crippen molar-refractivity contribution < 1.29 is 18.3 Å². The van der Waals surface area contributed by atoms with Crippen LogP contribution in [0.4, 0.5) is 13.2 Å². The highest BCUT2D eigenvalue weighted by atomic mass is 35.5. The van der Waals surface area contributed by atoms with Crippen LogP contribution in [0, 0.1) is 11.3 Å². The lowest BCUT2D eigenvalue weighted by Crippen LogP contribution is -2.06. The molecule has 3 nitrogen and oxygen atoms in total. The Morgan fingerprint density at radius 3 is 2.45 bits per heavy atom. The van der Waals surface area contributed by atoms with E-state index in [-0.39, 0.29) is 21.8 Å². The van der Waals surface area contributed by atoms with Crippen molar-refractivity contribution in [2.75, 3.05) is 0 Å². The minimum absolute atomic E-state index is 0.124. The first-order valence-electron chi connectivity index (χ1n) is 5.29. The predicted molar refractivity (Wildman–Crippen MR) is 66.1 cm³/mol. The quantitative estimate of drug-likeness (QED) is 0.810. The summed E-state index contributed by atoms with van der Waals surface area (Å²) in [4.78, 5) is 3.73. The van der Waals surface area contributed by atoms with Gasteiger partial charge in [0.15, 0.2) is 0 Å². The number of phenols is 1. The van der Waals surface area contributed by atoms with E-state index in [9.17, 15) is 18.3 Å². The van der Waals surface area contributed by atoms with Gasteiger partial charge in [-0.05, 0) is 24.3 Å². The van der Waals surface area contributed by atoms with E-state index in [0.717, 1.165) is 6.07 Å². The number of aromatic nitrogens is 1. The molecule has 0 aliphatic heterocycles. The second-order valence-electron chi connectivity index (χ2n) is 3.90. The molecular formula is C13H6ClF3N2O. The first-order chi connectivity index (χ1) is 9.32. The summed E-state index contributed by atoms with van der Waals surface area (Å²) in [5.74, 6) is -0.944. The Hall–Kier alpha value is -2.26. The summed E-state index contributed by atoms with van der Waals surface area (Å²) in [6.45, 7) is 0. The summed E-state index contributed by atoms with van der Waals surface area (Å²) in [6, 6.07) is 6.18. The van der Waals surface area contributed by atoms with Gasteiger partial charge in [-0.25, -0.2) is 4.98 Å². The molecule has 1 aromatic carbocycles. The molecule has 0 fully saturated rings. The molecule has 0 aliphatic carbocycles. The average molecular weight is 299 g/mol. The van der Waals surface area contributed by atoms with Crippen LogP contribution in [-0.2, 0) is 6.18 Å². The van der Waals surface area contributed by atoms with Crippen molar-refractivity contribution in [1.29, 1.82) is 5.26 Å². The van der Waals surface area contributed by atoms with E-state index in [0.29, 0.717) is 6.07 Å². The lowest BCUT2D eigenvalue weighted by molar-refractivity contribution is -0.138. The van der Waals surface area contributed by atoms with Gasteiger partial charge < -0.3 is 5.11 Å². The molecule has 20 heavy (non-hydrogen) atoms. The zero-order valence-corrected chi connectivity index (χ0v) is 10.5. The Morgan fingerprint density at radius 2 is 1.95 bits per heavy atom. The van der Waals surface area contributed by atoms with Gasteiger partial charge in [-0.2, -0.15) is 18.4 Å². The molecule has 2 aromatic rings. The van der Waals surface area contributed by atoms with Crippen LogP contribution in [-0.4, -0.2) is 10.1 Å². The molecule has 1 heterocycles. The van der Waals surface area contributed by atoms with Crippen molar-refractivity contribution >= 4 is 11.6 Å². The fraction of sp³-hybridized carbons (Fsp3) is 0.0769. The molecule has 0 unspecified atom stereocenters. The van der Waals surface area contributed by atoms with E-state index in [1.165, 1.54) is 18.3 Å². The lowest BCUT2D eigenvalue weighted by Gasteiger charge is -2.13. The van der Waals surface area contributed by atoms with Crippen molar-refractivity contribution in [3.8, 4) is 22.9 Å². The van der Waals surface area contributed by atoms with Gasteiger partial charge in [0.05, 0.1) is 17.2 Å². The van der Waals surface area contributed by atoms with E-state index in [1.807, 2.05) is 0 Å². The lowest BCUT2D eigenvalue weighted by atomic mass is 9.99. The third kappa shape index (κ3) is 2.68. The van der Waals surface area contributed by atoms with Crippen molar-refractivity contribution in [3.63, 3.8) is 0 Å². The van der Waals surface area contributed by atoms with E-state index in [1.54, 1.807) is 6.07 Å². The van der Waals surface area contributed by atoms with E-state index >= 15 is 0 Å². The molecule has 1 aromatic heterocycles. The number of hydrogen-bond acceptors (Lipinski definition) is 3. The summed E-state index contributed by atoms with van der Waals surface area (Å²) in [6.07, 6.45) is -3.54. The third-order valence-electron chi connectivity index (χ3n) is 2.58. The SMILES string of the molecule is N#Cc1cc(-c2ccc(Cl)nc2)c(O)c(C(F)(F)F)c1. The maximum Gasteiger partial charge on any atom is 0.420 e. The Labute approximate surface area is 116 Å². The molecule has 0 radical (unpaired) electrons. The van der Waals surface area contributed by atoms with Crippen LogP contribution in [0.25, 0.3) is 11.1 Å². The van der Waals surface area contributed by atoms with Crippen LogP contribution in [0.3, 0.4) is 0 Å². The van der Waals surface area contributed by atoms with Crippen molar-refractivity contribution in [3.05, 3.63) is 46.7 Å². The van der Waals surface area contributed by atoms with Gasteiger partial charge in [-0.3, -0.25) is 0 Å². The van der Waals surface area contributed by atoms with Gasteiger partial charge >= 0.3 is 6.18 Å². The van der Waals surface area contributed by atoms with Crippen molar-refractivity contribution in [2.45, 2.75) is 6.18 Å². The van der Waals surface area contributed by atoms with Gasteiger partial charge in [0.1, 0.15) is 10.9 Å². The first kappa shape index (κ1) is 14.2. The Kier molecular flexibility index (Phi) is 3.55. The maximum atomic E-state index is 12.8. The van der Waals surface area contributed by atoms with Crippen LogP contribution in [0.1, 0.15) is 11.1 Å². The van der Waals surface area contributed by atoms with E-state index in [2.05, 4.69) is 4.98 Å². The summed E-state index contributed by atoms with van der Waals surface area (Å²) in [5, 5.41) is 18.7. The number of halogens is 4. The Balaban J connectivity index is 2.70. The number of pyridine rings is 1. The highest BCUT2D eigenvalue weighted by Gasteiger charge is 2.35. The van der Waals surface area contributed by atoms with Crippen molar-refractivity contribution in [1.82, 2.24) is 4.98 Å². The van der Waals surface area contributed by atoms with Crippen LogP contribution in [0.15, 0.2) is 30.5 Å². The fourth-order valence-corrected chi connectivity index (χ4v) is 1.78.